The number of thiazole rings is 1. The molecule has 0 aliphatic rings. The largest absolute Gasteiger partial charge is 0.351 e. The van der Waals surface area contributed by atoms with Crippen LogP contribution in [0.2, 0.25) is 0 Å². The number of hydrogen-bond donors (Lipinski definition) is 1. The number of nitrogens with one attached hydrogen (secondary N) is 1. The summed E-state index contributed by atoms with van der Waals surface area (Å²) in [5, 5.41) is 5.21. The van der Waals surface area contributed by atoms with E-state index in [2.05, 4.69) is 33.5 Å². The normalized spacial score (nSPS) is 12.7. The highest BCUT2D eigenvalue weighted by Gasteiger charge is 2.10. The molecule has 1 N–H and O–H groups in total. The van der Waals surface area contributed by atoms with Crippen molar-refractivity contribution in [1.29, 1.82) is 0 Å². The molecular formula is C9H12N4S2. The van der Waals surface area contributed by atoms with Crippen molar-refractivity contribution in [2.75, 3.05) is 5.32 Å². The summed E-state index contributed by atoms with van der Waals surface area (Å²) in [6, 6.07) is 0.197. The lowest BCUT2D eigenvalue weighted by molar-refractivity contribution is 0.866. The predicted molar refractivity (Wildman–Crippen MR) is 63.4 cm³/mol. The smallest absolute Gasteiger partial charge is 0.202 e. The summed E-state index contributed by atoms with van der Waals surface area (Å²) in [7, 11) is 0. The third kappa shape index (κ3) is 2.51. The van der Waals surface area contributed by atoms with Crippen molar-refractivity contribution < 1.29 is 0 Å². The molecule has 0 aromatic carbocycles. The van der Waals surface area contributed by atoms with Crippen molar-refractivity contribution in [2.45, 2.75) is 26.3 Å². The van der Waals surface area contributed by atoms with Crippen LogP contribution >= 0.6 is 22.9 Å². The number of anilines is 1. The van der Waals surface area contributed by atoms with Gasteiger partial charge in [0.05, 0.1) is 6.04 Å². The zero-order valence-electron chi connectivity index (χ0n) is 8.60. The highest BCUT2D eigenvalue weighted by molar-refractivity contribution is 7.11. The molecule has 0 fully saturated rings. The Morgan fingerprint density at radius 3 is 2.93 bits per heavy atom. The number of nitrogens with zero attached hydrogens (tertiary/aromatic N) is 3. The van der Waals surface area contributed by atoms with Gasteiger partial charge >= 0.3 is 0 Å². The van der Waals surface area contributed by atoms with Crippen molar-refractivity contribution in [3.63, 3.8) is 0 Å². The van der Waals surface area contributed by atoms with E-state index in [0.29, 0.717) is 0 Å². The van der Waals surface area contributed by atoms with E-state index in [4.69, 9.17) is 0 Å². The fraction of sp³-hybridized carbons (Fsp3) is 0.444. The lowest BCUT2D eigenvalue weighted by Crippen LogP contribution is -2.05. The molecule has 1 atom stereocenters. The Morgan fingerprint density at radius 2 is 2.33 bits per heavy atom. The van der Waals surface area contributed by atoms with E-state index in [1.165, 1.54) is 16.4 Å². The molecule has 4 nitrogen and oxygen atoms in total. The zero-order chi connectivity index (χ0) is 10.7. The molecule has 2 aromatic rings. The van der Waals surface area contributed by atoms with Crippen molar-refractivity contribution in [2.24, 2.45) is 0 Å². The molecule has 80 valence electrons. The van der Waals surface area contributed by atoms with Crippen LogP contribution < -0.4 is 5.32 Å². The van der Waals surface area contributed by atoms with Gasteiger partial charge in [-0.25, -0.2) is 9.97 Å². The first-order valence-corrected chi connectivity index (χ1v) is 6.36. The maximum atomic E-state index is 4.38. The summed E-state index contributed by atoms with van der Waals surface area (Å²) in [5.41, 5.74) is 0. The van der Waals surface area contributed by atoms with Crippen LogP contribution in [0.1, 0.15) is 29.8 Å². The molecule has 6 heteroatoms. The Labute approximate surface area is 96.6 Å². The summed E-state index contributed by atoms with van der Waals surface area (Å²) in [6.45, 7) is 4.22. The summed E-state index contributed by atoms with van der Waals surface area (Å²) < 4.78 is 3.94. The van der Waals surface area contributed by atoms with Gasteiger partial charge in [-0.1, -0.05) is 6.92 Å². The first-order chi connectivity index (χ1) is 7.29. The average Bonchev–Trinajstić information content (AvgIpc) is 2.86. The molecule has 0 amide bonds. The van der Waals surface area contributed by atoms with Gasteiger partial charge in [-0.3, -0.25) is 0 Å². The summed E-state index contributed by atoms with van der Waals surface area (Å²) >= 11 is 3.11. The van der Waals surface area contributed by atoms with Gasteiger partial charge in [0, 0.05) is 22.6 Å². The molecule has 1 unspecified atom stereocenters. The van der Waals surface area contributed by atoms with Gasteiger partial charge < -0.3 is 5.32 Å². The van der Waals surface area contributed by atoms with Gasteiger partial charge in [-0.15, -0.1) is 11.3 Å². The summed E-state index contributed by atoms with van der Waals surface area (Å²) in [6.07, 6.45) is 4.54. The van der Waals surface area contributed by atoms with Gasteiger partial charge in [0.1, 0.15) is 11.3 Å². The SMILES string of the molecule is CCc1cnc(C(C)Nc2ncns2)s1. The maximum absolute atomic E-state index is 4.38. The average molecular weight is 240 g/mol. The van der Waals surface area contributed by atoms with E-state index in [-0.39, 0.29) is 6.04 Å². The van der Waals surface area contributed by atoms with Gasteiger partial charge in [0.15, 0.2) is 0 Å². The van der Waals surface area contributed by atoms with Crippen LogP contribution in [0.3, 0.4) is 0 Å². The van der Waals surface area contributed by atoms with E-state index >= 15 is 0 Å². The number of rotatable bonds is 4. The van der Waals surface area contributed by atoms with Crippen LogP contribution in [0.4, 0.5) is 5.13 Å². The third-order valence-electron chi connectivity index (χ3n) is 1.99. The van der Waals surface area contributed by atoms with Crippen molar-refractivity contribution >= 4 is 28.0 Å². The molecule has 0 bridgehead atoms. The van der Waals surface area contributed by atoms with Gasteiger partial charge in [-0.2, -0.15) is 4.37 Å². The van der Waals surface area contributed by atoms with E-state index in [1.54, 1.807) is 17.7 Å². The molecule has 0 aliphatic heterocycles. The van der Waals surface area contributed by atoms with Gasteiger partial charge in [0.2, 0.25) is 5.13 Å². The molecule has 0 saturated heterocycles. The van der Waals surface area contributed by atoms with E-state index in [9.17, 15) is 0 Å². The minimum atomic E-state index is 0.197. The first-order valence-electron chi connectivity index (χ1n) is 4.77. The molecule has 0 saturated carbocycles. The Hall–Kier alpha value is -1.01. The third-order valence-corrected chi connectivity index (χ3v) is 3.91. The highest BCUT2D eigenvalue weighted by atomic mass is 32.1. The molecule has 0 radical (unpaired) electrons. The van der Waals surface area contributed by atoms with Crippen molar-refractivity contribution in [1.82, 2.24) is 14.3 Å². The lowest BCUT2D eigenvalue weighted by atomic mass is 10.4. The predicted octanol–water partition coefficient (Wildman–Crippen LogP) is 2.73. The van der Waals surface area contributed by atoms with Gasteiger partial charge in [0.25, 0.3) is 0 Å². The Kier molecular flexibility index (Phi) is 3.27. The van der Waals surface area contributed by atoms with Gasteiger partial charge in [-0.05, 0) is 13.3 Å². The minimum absolute atomic E-state index is 0.197. The summed E-state index contributed by atoms with van der Waals surface area (Å²) in [5.74, 6) is 0. The fourth-order valence-electron chi connectivity index (χ4n) is 1.17. The van der Waals surface area contributed by atoms with Crippen molar-refractivity contribution in [3.05, 3.63) is 22.4 Å². The first kappa shape index (κ1) is 10.5. The molecule has 2 rings (SSSR count). The minimum Gasteiger partial charge on any atom is -0.351 e. The highest BCUT2D eigenvalue weighted by Crippen LogP contribution is 2.23. The van der Waals surface area contributed by atoms with Crippen LogP contribution in [0.15, 0.2) is 12.5 Å². The second-order valence-electron chi connectivity index (χ2n) is 3.13. The molecule has 0 spiro atoms. The molecule has 15 heavy (non-hydrogen) atoms. The molecule has 2 aromatic heterocycles. The van der Waals surface area contributed by atoms with Crippen molar-refractivity contribution in [3.8, 4) is 0 Å². The Morgan fingerprint density at radius 1 is 1.47 bits per heavy atom. The van der Waals surface area contributed by atoms with Crippen LogP contribution in [-0.4, -0.2) is 14.3 Å². The number of aromatic nitrogens is 3. The molecular weight excluding hydrogens is 228 g/mol. The monoisotopic (exact) mass is 240 g/mol. The van der Waals surface area contributed by atoms with Crippen LogP contribution in [0.5, 0.6) is 0 Å². The topological polar surface area (TPSA) is 50.7 Å². The molecule has 0 aliphatic carbocycles. The molecule has 2 heterocycles. The maximum Gasteiger partial charge on any atom is 0.202 e. The Bertz CT molecular complexity index is 409. The van der Waals surface area contributed by atoms with Crippen LogP contribution in [-0.2, 0) is 6.42 Å². The number of aryl methyl sites for hydroxylation is 1. The van der Waals surface area contributed by atoms with Crippen LogP contribution in [0, 0.1) is 0 Å². The zero-order valence-corrected chi connectivity index (χ0v) is 10.2. The quantitative estimate of drug-likeness (QED) is 0.892. The Balaban J connectivity index is 2.04. The van der Waals surface area contributed by atoms with E-state index in [1.807, 2.05) is 6.20 Å². The van der Waals surface area contributed by atoms with Crippen LogP contribution in [0.25, 0.3) is 0 Å². The fourth-order valence-corrected chi connectivity index (χ4v) is 2.55. The lowest BCUT2D eigenvalue weighted by Gasteiger charge is -2.08. The van der Waals surface area contributed by atoms with E-state index in [0.717, 1.165) is 16.6 Å². The second-order valence-corrected chi connectivity index (χ2v) is 5.06. The number of hydrogen-bond acceptors (Lipinski definition) is 6. The van der Waals surface area contributed by atoms with E-state index < -0.39 is 0 Å². The standard InChI is InChI=1S/C9H12N4S2/c1-3-7-4-10-8(14-7)6(2)13-9-11-5-12-15-9/h4-6H,3H2,1-2H3,(H,11,12,13). The second kappa shape index (κ2) is 4.67. The summed E-state index contributed by atoms with van der Waals surface area (Å²) in [4.78, 5) is 9.78.